The fraction of sp³-hybridized carbons (Fsp3) is 0.115. The monoisotopic (exact) mass is 411 g/mol. The van der Waals surface area contributed by atoms with Crippen LogP contribution in [0.25, 0.3) is 17.0 Å². The highest BCUT2D eigenvalue weighted by molar-refractivity contribution is 5.90. The van der Waals surface area contributed by atoms with Crippen molar-refractivity contribution in [2.45, 2.75) is 13.0 Å². The van der Waals surface area contributed by atoms with Crippen LogP contribution < -0.4 is 10.4 Å². The van der Waals surface area contributed by atoms with E-state index in [0.717, 1.165) is 25.1 Å². The lowest BCUT2D eigenvalue weighted by atomic mass is 10.1. The van der Waals surface area contributed by atoms with Gasteiger partial charge in [-0.2, -0.15) is 0 Å². The van der Waals surface area contributed by atoms with Gasteiger partial charge in [-0.3, -0.25) is 10.0 Å². The van der Waals surface area contributed by atoms with Crippen molar-refractivity contribution < 1.29 is 10.0 Å². The Kier molecular flexibility index (Phi) is 6.45. The third kappa shape index (κ3) is 5.21. The molecule has 5 heteroatoms. The lowest BCUT2D eigenvalue weighted by molar-refractivity contribution is -0.124. The fourth-order valence-corrected chi connectivity index (χ4v) is 3.70. The third-order valence-electron chi connectivity index (χ3n) is 5.34. The summed E-state index contributed by atoms with van der Waals surface area (Å²) in [5, 5.41) is 9.86. The van der Waals surface area contributed by atoms with Crippen molar-refractivity contribution in [3.05, 3.63) is 108 Å². The predicted molar refractivity (Wildman–Crippen MR) is 125 cm³/mol. The van der Waals surface area contributed by atoms with Gasteiger partial charge in [-0.15, -0.1) is 0 Å². The van der Waals surface area contributed by atoms with E-state index in [1.54, 1.807) is 11.6 Å². The summed E-state index contributed by atoms with van der Waals surface area (Å²) in [6.07, 6.45) is 6.02. The minimum Gasteiger partial charge on any atom is -0.367 e. The molecule has 0 fully saturated rings. The summed E-state index contributed by atoms with van der Waals surface area (Å²) in [6.45, 7) is 1.68. The summed E-state index contributed by atoms with van der Waals surface area (Å²) >= 11 is 0. The SMILES string of the molecule is O=C(/C=C/c1ccc(CN(CCc2c[nH]c3ccccc23)c2ccccc2)cc1)NO. The first-order valence-electron chi connectivity index (χ1n) is 10.3. The minimum atomic E-state index is -0.545. The largest absolute Gasteiger partial charge is 0.367 e. The molecule has 31 heavy (non-hydrogen) atoms. The molecule has 4 rings (SSSR count). The van der Waals surface area contributed by atoms with E-state index in [-0.39, 0.29) is 0 Å². The van der Waals surface area contributed by atoms with Crippen LogP contribution in [0.4, 0.5) is 5.69 Å². The number of nitrogens with one attached hydrogen (secondary N) is 2. The molecule has 3 aromatic carbocycles. The molecule has 156 valence electrons. The van der Waals surface area contributed by atoms with Gasteiger partial charge in [-0.25, -0.2) is 5.48 Å². The predicted octanol–water partition coefficient (Wildman–Crippen LogP) is 4.94. The molecule has 0 unspecified atom stereocenters. The first-order chi connectivity index (χ1) is 15.2. The minimum absolute atomic E-state index is 0.545. The van der Waals surface area contributed by atoms with Crippen molar-refractivity contribution in [2.24, 2.45) is 0 Å². The average molecular weight is 412 g/mol. The van der Waals surface area contributed by atoms with Crippen LogP contribution in [-0.4, -0.2) is 22.6 Å². The highest BCUT2D eigenvalue weighted by atomic mass is 16.5. The molecule has 4 aromatic rings. The van der Waals surface area contributed by atoms with Crippen LogP contribution in [-0.2, 0) is 17.8 Å². The number of hydrogen-bond acceptors (Lipinski definition) is 3. The van der Waals surface area contributed by atoms with Crippen LogP contribution in [0.5, 0.6) is 0 Å². The van der Waals surface area contributed by atoms with E-state index in [4.69, 9.17) is 5.21 Å². The standard InChI is InChI=1S/C26H25N3O2/c30-26(28-31)15-14-20-10-12-21(13-11-20)19-29(23-6-2-1-3-7-23)17-16-22-18-27-25-9-5-4-8-24(22)25/h1-15,18,27,31H,16-17,19H2,(H,28,30)/b15-14+. The number of anilines is 1. The number of H-pyrrole nitrogens is 1. The molecule has 0 atom stereocenters. The molecule has 5 nitrogen and oxygen atoms in total. The van der Waals surface area contributed by atoms with Crippen LogP contribution in [0.1, 0.15) is 16.7 Å². The summed E-state index contributed by atoms with van der Waals surface area (Å²) in [7, 11) is 0. The van der Waals surface area contributed by atoms with E-state index in [1.807, 2.05) is 24.3 Å². The number of aromatic amines is 1. The van der Waals surface area contributed by atoms with Gasteiger partial charge in [0.25, 0.3) is 5.91 Å². The van der Waals surface area contributed by atoms with Crippen LogP contribution in [0.3, 0.4) is 0 Å². The Morgan fingerprint density at radius 2 is 1.71 bits per heavy atom. The third-order valence-corrected chi connectivity index (χ3v) is 5.34. The van der Waals surface area contributed by atoms with Crippen molar-refractivity contribution in [3.8, 4) is 0 Å². The Balaban J connectivity index is 1.49. The molecule has 0 saturated carbocycles. The van der Waals surface area contributed by atoms with E-state index >= 15 is 0 Å². The Hall–Kier alpha value is -3.83. The fourth-order valence-electron chi connectivity index (χ4n) is 3.70. The second-order valence-electron chi connectivity index (χ2n) is 7.42. The number of para-hydroxylation sites is 2. The lowest BCUT2D eigenvalue weighted by Crippen LogP contribution is -2.25. The summed E-state index contributed by atoms with van der Waals surface area (Å²) in [4.78, 5) is 16.9. The first-order valence-corrected chi connectivity index (χ1v) is 10.3. The van der Waals surface area contributed by atoms with Crippen molar-refractivity contribution in [3.63, 3.8) is 0 Å². The van der Waals surface area contributed by atoms with Crippen LogP contribution in [0, 0.1) is 0 Å². The Labute approximate surface area is 181 Å². The van der Waals surface area contributed by atoms with Crippen LogP contribution in [0.2, 0.25) is 0 Å². The number of hydroxylamine groups is 1. The summed E-state index contributed by atoms with van der Waals surface area (Å²) in [6, 6.07) is 26.9. The van der Waals surface area contributed by atoms with Crippen molar-refractivity contribution in [1.29, 1.82) is 0 Å². The quantitative estimate of drug-likeness (QED) is 0.219. The van der Waals surface area contributed by atoms with Gasteiger partial charge < -0.3 is 9.88 Å². The zero-order valence-corrected chi connectivity index (χ0v) is 17.2. The molecule has 0 spiro atoms. The van der Waals surface area contributed by atoms with Crippen molar-refractivity contribution in [2.75, 3.05) is 11.4 Å². The Morgan fingerprint density at radius 3 is 2.48 bits per heavy atom. The molecule has 0 aliphatic rings. The van der Waals surface area contributed by atoms with Gasteiger partial charge in [0.15, 0.2) is 0 Å². The molecule has 0 aliphatic carbocycles. The zero-order chi connectivity index (χ0) is 21.5. The number of benzene rings is 3. The van der Waals surface area contributed by atoms with E-state index in [0.29, 0.717) is 0 Å². The smallest absolute Gasteiger partial charge is 0.267 e. The van der Waals surface area contributed by atoms with Gasteiger partial charge in [0.1, 0.15) is 0 Å². The van der Waals surface area contributed by atoms with E-state index in [9.17, 15) is 4.79 Å². The maximum atomic E-state index is 11.1. The molecule has 0 aliphatic heterocycles. The molecule has 0 bridgehead atoms. The normalized spacial score (nSPS) is 11.1. The van der Waals surface area contributed by atoms with Gasteiger partial charge in [-0.05, 0) is 47.4 Å². The number of rotatable bonds is 8. The molecule has 1 amide bonds. The molecule has 3 N–H and O–H groups in total. The Bertz CT molecular complexity index is 1160. The van der Waals surface area contributed by atoms with E-state index in [2.05, 4.69) is 70.7 Å². The van der Waals surface area contributed by atoms with Gasteiger partial charge in [0.05, 0.1) is 0 Å². The summed E-state index contributed by atoms with van der Waals surface area (Å²) in [5.74, 6) is -0.545. The first kappa shape index (κ1) is 20.4. The van der Waals surface area contributed by atoms with Crippen LogP contribution in [0.15, 0.2) is 91.1 Å². The second-order valence-corrected chi connectivity index (χ2v) is 7.42. The zero-order valence-electron chi connectivity index (χ0n) is 17.2. The van der Waals surface area contributed by atoms with Gasteiger partial charge in [0, 0.05) is 42.0 Å². The van der Waals surface area contributed by atoms with Crippen molar-refractivity contribution >= 4 is 28.6 Å². The molecule has 0 radical (unpaired) electrons. The molecule has 0 saturated heterocycles. The van der Waals surface area contributed by atoms with Gasteiger partial charge in [0.2, 0.25) is 0 Å². The number of carbonyl (C=O) groups excluding carboxylic acids is 1. The maximum absolute atomic E-state index is 11.1. The maximum Gasteiger partial charge on any atom is 0.267 e. The number of hydrogen-bond donors (Lipinski definition) is 3. The van der Waals surface area contributed by atoms with Gasteiger partial charge >= 0.3 is 0 Å². The lowest BCUT2D eigenvalue weighted by Gasteiger charge is -2.25. The average Bonchev–Trinajstić information content (AvgIpc) is 3.24. The van der Waals surface area contributed by atoms with E-state index in [1.165, 1.54) is 33.8 Å². The topological polar surface area (TPSA) is 68.4 Å². The van der Waals surface area contributed by atoms with Gasteiger partial charge in [-0.1, -0.05) is 60.7 Å². The summed E-state index contributed by atoms with van der Waals surface area (Å²) in [5.41, 5.74) is 7.35. The number of carbonyl (C=O) groups is 1. The molecular formula is C26H25N3O2. The highest BCUT2D eigenvalue weighted by Crippen LogP contribution is 2.22. The Morgan fingerprint density at radius 1 is 0.968 bits per heavy atom. The molecule has 1 heterocycles. The molecule has 1 aromatic heterocycles. The summed E-state index contributed by atoms with van der Waals surface area (Å²) < 4.78 is 0. The number of aromatic nitrogens is 1. The van der Waals surface area contributed by atoms with Crippen LogP contribution >= 0.6 is 0 Å². The highest BCUT2D eigenvalue weighted by Gasteiger charge is 2.10. The molecular weight excluding hydrogens is 386 g/mol. The van der Waals surface area contributed by atoms with Crippen molar-refractivity contribution in [1.82, 2.24) is 10.5 Å². The number of nitrogens with zero attached hydrogens (tertiary/aromatic N) is 1. The van der Waals surface area contributed by atoms with E-state index < -0.39 is 5.91 Å². The second kappa shape index (κ2) is 9.78. The number of amides is 1. The number of fused-ring (bicyclic) bond motifs is 1.